The lowest BCUT2D eigenvalue weighted by atomic mass is 9.98. The number of piperidine rings is 1. The SMILES string of the molecule is Cl.Cl.NC1(C(=O)NCCCOC2CCN(Cc3ccccc3)CC2)CCCC1. The highest BCUT2D eigenvalue weighted by atomic mass is 35.5. The van der Waals surface area contributed by atoms with E-state index in [1.54, 1.807) is 0 Å². The quantitative estimate of drug-likeness (QED) is 0.619. The largest absolute Gasteiger partial charge is 0.378 e. The first-order chi connectivity index (χ1) is 12.7. The number of nitrogens with zero attached hydrogens (tertiary/aromatic N) is 1. The van der Waals surface area contributed by atoms with E-state index in [9.17, 15) is 4.79 Å². The summed E-state index contributed by atoms with van der Waals surface area (Å²) in [4.78, 5) is 14.6. The van der Waals surface area contributed by atoms with Crippen molar-refractivity contribution < 1.29 is 9.53 Å². The molecule has 3 N–H and O–H groups in total. The molecule has 0 radical (unpaired) electrons. The number of carbonyl (C=O) groups is 1. The van der Waals surface area contributed by atoms with Gasteiger partial charge >= 0.3 is 0 Å². The van der Waals surface area contributed by atoms with E-state index in [2.05, 4.69) is 40.5 Å². The van der Waals surface area contributed by atoms with E-state index in [0.717, 1.165) is 64.6 Å². The third-order valence-electron chi connectivity index (χ3n) is 5.69. The van der Waals surface area contributed by atoms with Crippen LogP contribution in [0.15, 0.2) is 30.3 Å². The first kappa shape index (κ1) is 25.2. The van der Waals surface area contributed by atoms with Crippen LogP contribution in [-0.4, -0.2) is 48.7 Å². The molecular formula is C21H35Cl2N3O2. The Bertz CT molecular complexity index is 560. The molecule has 2 aliphatic rings. The second-order valence-corrected chi connectivity index (χ2v) is 7.80. The smallest absolute Gasteiger partial charge is 0.240 e. The third-order valence-corrected chi connectivity index (χ3v) is 5.69. The van der Waals surface area contributed by atoms with Crippen molar-refractivity contribution >= 4 is 30.7 Å². The van der Waals surface area contributed by atoms with E-state index in [4.69, 9.17) is 10.5 Å². The molecule has 1 heterocycles. The summed E-state index contributed by atoms with van der Waals surface area (Å²) >= 11 is 0. The molecule has 0 atom stereocenters. The minimum atomic E-state index is -0.619. The minimum Gasteiger partial charge on any atom is -0.378 e. The Hall–Kier alpha value is -0.850. The molecule has 3 rings (SSSR count). The highest BCUT2D eigenvalue weighted by Gasteiger charge is 2.36. The highest BCUT2D eigenvalue weighted by molar-refractivity contribution is 5.86. The van der Waals surface area contributed by atoms with E-state index in [1.807, 2.05) is 0 Å². The lowest BCUT2D eigenvalue weighted by Gasteiger charge is -2.32. The van der Waals surface area contributed by atoms with Crippen LogP contribution in [0.5, 0.6) is 0 Å². The van der Waals surface area contributed by atoms with Gasteiger partial charge in [-0.1, -0.05) is 43.2 Å². The van der Waals surface area contributed by atoms with Crippen molar-refractivity contribution in [3.63, 3.8) is 0 Å². The molecule has 1 aromatic carbocycles. The van der Waals surface area contributed by atoms with Gasteiger partial charge in [0.25, 0.3) is 0 Å². The number of nitrogens with two attached hydrogens (primary N) is 1. The number of carbonyl (C=O) groups excluding carboxylic acids is 1. The number of rotatable bonds is 8. The minimum absolute atomic E-state index is 0. The summed E-state index contributed by atoms with van der Waals surface area (Å²) in [7, 11) is 0. The molecule has 1 amide bonds. The fourth-order valence-electron chi connectivity index (χ4n) is 4.01. The van der Waals surface area contributed by atoms with E-state index < -0.39 is 5.54 Å². The number of hydrogen-bond donors (Lipinski definition) is 2. The van der Waals surface area contributed by atoms with Gasteiger partial charge < -0.3 is 15.8 Å². The zero-order valence-electron chi connectivity index (χ0n) is 16.6. The average molecular weight is 432 g/mol. The summed E-state index contributed by atoms with van der Waals surface area (Å²) in [5, 5.41) is 2.99. The normalized spacial score (nSPS) is 19.5. The predicted molar refractivity (Wildman–Crippen MR) is 118 cm³/mol. The summed E-state index contributed by atoms with van der Waals surface area (Å²) in [5.74, 6) is 0.0178. The molecule has 7 heteroatoms. The Morgan fingerprint density at radius 2 is 1.79 bits per heavy atom. The molecule has 0 aromatic heterocycles. The van der Waals surface area contributed by atoms with E-state index in [1.165, 1.54) is 5.56 Å². The molecule has 1 aromatic rings. The second kappa shape index (κ2) is 12.7. The number of amides is 1. The Balaban J connectivity index is 0.00000196. The molecular weight excluding hydrogens is 397 g/mol. The van der Waals surface area contributed by atoms with E-state index in [-0.39, 0.29) is 30.7 Å². The molecule has 1 saturated carbocycles. The first-order valence-corrected chi connectivity index (χ1v) is 10.1. The number of halogens is 2. The van der Waals surface area contributed by atoms with Crippen molar-refractivity contribution in [1.82, 2.24) is 10.2 Å². The summed E-state index contributed by atoms with van der Waals surface area (Å²) in [6.07, 6.45) is 7.15. The maximum Gasteiger partial charge on any atom is 0.240 e. The van der Waals surface area contributed by atoms with Gasteiger partial charge in [0.05, 0.1) is 11.6 Å². The molecule has 0 unspecified atom stereocenters. The highest BCUT2D eigenvalue weighted by Crippen LogP contribution is 2.27. The van der Waals surface area contributed by atoms with Crippen molar-refractivity contribution in [2.24, 2.45) is 5.73 Å². The summed E-state index contributed by atoms with van der Waals surface area (Å²) in [6, 6.07) is 10.6. The third kappa shape index (κ3) is 7.53. The first-order valence-electron chi connectivity index (χ1n) is 10.1. The van der Waals surface area contributed by atoms with Crippen molar-refractivity contribution in [2.45, 2.75) is 63.1 Å². The average Bonchev–Trinajstić information content (AvgIpc) is 3.11. The fraction of sp³-hybridized carbons (Fsp3) is 0.667. The summed E-state index contributed by atoms with van der Waals surface area (Å²) in [6.45, 7) is 4.57. The van der Waals surface area contributed by atoms with Crippen LogP contribution in [0.2, 0.25) is 0 Å². The molecule has 160 valence electrons. The predicted octanol–water partition coefficient (Wildman–Crippen LogP) is 3.29. The summed E-state index contributed by atoms with van der Waals surface area (Å²) in [5.41, 5.74) is 6.91. The zero-order valence-corrected chi connectivity index (χ0v) is 18.2. The fourth-order valence-corrected chi connectivity index (χ4v) is 4.01. The van der Waals surface area contributed by atoms with Crippen LogP contribution in [0, 0.1) is 0 Å². The van der Waals surface area contributed by atoms with E-state index in [0.29, 0.717) is 19.3 Å². The lowest BCUT2D eigenvalue weighted by Crippen LogP contribution is -2.52. The van der Waals surface area contributed by atoms with Crippen LogP contribution in [0.25, 0.3) is 0 Å². The molecule has 0 bridgehead atoms. The van der Waals surface area contributed by atoms with Crippen molar-refractivity contribution in [3.05, 3.63) is 35.9 Å². The van der Waals surface area contributed by atoms with Crippen LogP contribution in [0.4, 0.5) is 0 Å². The second-order valence-electron chi connectivity index (χ2n) is 7.80. The van der Waals surface area contributed by atoms with Gasteiger partial charge in [0, 0.05) is 32.8 Å². The molecule has 2 fully saturated rings. The van der Waals surface area contributed by atoms with Gasteiger partial charge in [-0.15, -0.1) is 24.8 Å². The number of benzene rings is 1. The Morgan fingerprint density at radius 1 is 1.14 bits per heavy atom. The number of ether oxygens (including phenoxy) is 1. The Labute approximate surface area is 181 Å². The number of nitrogens with one attached hydrogen (secondary N) is 1. The maximum absolute atomic E-state index is 12.1. The van der Waals surface area contributed by atoms with Crippen molar-refractivity contribution in [3.8, 4) is 0 Å². The van der Waals surface area contributed by atoms with Crippen LogP contribution in [-0.2, 0) is 16.1 Å². The van der Waals surface area contributed by atoms with Crippen LogP contribution in [0.3, 0.4) is 0 Å². The van der Waals surface area contributed by atoms with Gasteiger partial charge in [-0.2, -0.15) is 0 Å². The van der Waals surface area contributed by atoms with Gasteiger partial charge in [-0.25, -0.2) is 0 Å². The topological polar surface area (TPSA) is 67.6 Å². The number of hydrogen-bond acceptors (Lipinski definition) is 4. The number of likely N-dealkylation sites (tertiary alicyclic amines) is 1. The zero-order chi connectivity index (χ0) is 18.2. The van der Waals surface area contributed by atoms with Crippen LogP contribution in [0.1, 0.15) is 50.5 Å². The van der Waals surface area contributed by atoms with Crippen molar-refractivity contribution in [1.29, 1.82) is 0 Å². The molecule has 1 saturated heterocycles. The molecule has 28 heavy (non-hydrogen) atoms. The summed E-state index contributed by atoms with van der Waals surface area (Å²) < 4.78 is 6.00. The molecule has 1 aliphatic heterocycles. The van der Waals surface area contributed by atoms with Gasteiger partial charge in [0.2, 0.25) is 5.91 Å². The standard InChI is InChI=1S/C21H33N3O2.2ClH/c22-21(11-4-5-12-21)20(25)23-13-6-16-26-19-9-14-24(15-10-19)17-18-7-2-1-3-8-18;;/h1-3,7-8,19H,4-6,9-17,22H2,(H,23,25);2*1H. The lowest BCUT2D eigenvalue weighted by molar-refractivity contribution is -0.126. The van der Waals surface area contributed by atoms with Gasteiger partial charge in [0.15, 0.2) is 0 Å². The van der Waals surface area contributed by atoms with Gasteiger partial charge in [-0.3, -0.25) is 9.69 Å². The van der Waals surface area contributed by atoms with Crippen LogP contribution < -0.4 is 11.1 Å². The van der Waals surface area contributed by atoms with E-state index >= 15 is 0 Å². The van der Waals surface area contributed by atoms with Gasteiger partial charge in [0.1, 0.15) is 0 Å². The maximum atomic E-state index is 12.1. The Morgan fingerprint density at radius 3 is 2.43 bits per heavy atom. The van der Waals surface area contributed by atoms with Gasteiger partial charge in [-0.05, 0) is 37.7 Å². The Kier molecular flexibility index (Phi) is 11.4. The molecule has 1 aliphatic carbocycles. The van der Waals surface area contributed by atoms with Crippen molar-refractivity contribution in [2.75, 3.05) is 26.2 Å². The monoisotopic (exact) mass is 431 g/mol. The van der Waals surface area contributed by atoms with Crippen LogP contribution >= 0.6 is 24.8 Å². The molecule has 0 spiro atoms. The molecule has 5 nitrogen and oxygen atoms in total.